The van der Waals surface area contributed by atoms with Gasteiger partial charge in [-0.3, -0.25) is 0 Å². The fourth-order valence-electron chi connectivity index (χ4n) is 9.62. The summed E-state index contributed by atoms with van der Waals surface area (Å²) in [4.78, 5) is 5.21. The zero-order chi connectivity index (χ0) is 44.3. The van der Waals surface area contributed by atoms with Crippen LogP contribution in [0.2, 0.25) is 0 Å². The van der Waals surface area contributed by atoms with Crippen LogP contribution in [0, 0.1) is 23.7 Å². The topological polar surface area (TPSA) is 18.5 Å². The maximum absolute atomic E-state index is 6.18. The van der Waals surface area contributed by atoms with E-state index in [2.05, 4.69) is 171 Å². The van der Waals surface area contributed by atoms with Gasteiger partial charge in [-0.05, 0) is 185 Å². The van der Waals surface area contributed by atoms with Crippen LogP contribution >= 0.6 is 22.7 Å². The highest BCUT2D eigenvalue weighted by atomic mass is 32.1. The number of hydrogen-bond acceptors (Lipinski definition) is 4. The van der Waals surface area contributed by atoms with Crippen molar-refractivity contribution in [3.63, 3.8) is 0 Å². The second kappa shape index (κ2) is 22.0. The SMILES string of the molecule is CCCC1(CCC)c2cc(-c3ccc(-c4ccc(O/C=C\C(C)CCCC(C)C)cc4)s3)ccc2-c2ccc(-c3ccc(-c4ccc(OCCC(C)CCCC(C)C)cc4)s3)cc21. The van der Waals surface area contributed by atoms with E-state index in [1.165, 1.54) is 103 Å². The number of allylic oxidation sites excluding steroid dienone is 1. The predicted molar refractivity (Wildman–Crippen MR) is 276 cm³/mol. The first-order valence-electron chi connectivity index (χ1n) is 24.2. The summed E-state index contributed by atoms with van der Waals surface area (Å²) >= 11 is 3.77. The number of ether oxygens (including phenoxy) is 2. The number of rotatable bonds is 23. The van der Waals surface area contributed by atoms with Crippen LogP contribution in [0.3, 0.4) is 0 Å². The van der Waals surface area contributed by atoms with E-state index in [-0.39, 0.29) is 5.41 Å². The zero-order valence-electron chi connectivity index (χ0n) is 39.5. The van der Waals surface area contributed by atoms with Gasteiger partial charge in [-0.25, -0.2) is 0 Å². The molecule has 0 radical (unpaired) electrons. The van der Waals surface area contributed by atoms with Crippen molar-refractivity contribution < 1.29 is 9.47 Å². The molecular weight excluding hydrogens is 805 g/mol. The Kier molecular flexibility index (Phi) is 16.3. The molecule has 0 saturated carbocycles. The van der Waals surface area contributed by atoms with Gasteiger partial charge in [0.25, 0.3) is 0 Å². The normalized spacial score (nSPS) is 14.1. The second-order valence-electron chi connectivity index (χ2n) is 19.3. The molecule has 0 aliphatic heterocycles. The molecule has 63 heavy (non-hydrogen) atoms. The molecule has 2 heterocycles. The number of thiophene rings is 2. The van der Waals surface area contributed by atoms with Gasteiger partial charge in [0.05, 0.1) is 12.9 Å². The molecule has 2 aromatic heterocycles. The average molecular weight is 877 g/mol. The monoisotopic (exact) mass is 876 g/mol. The lowest BCUT2D eigenvalue weighted by atomic mass is 9.71. The molecule has 0 saturated heterocycles. The van der Waals surface area contributed by atoms with E-state index in [1.54, 1.807) is 0 Å². The summed E-state index contributed by atoms with van der Waals surface area (Å²) in [5.41, 5.74) is 10.9. The molecular formula is C59H72O2S2. The second-order valence-corrected chi connectivity index (χ2v) is 21.5. The van der Waals surface area contributed by atoms with Crippen LogP contribution < -0.4 is 9.47 Å². The molecule has 2 unspecified atom stereocenters. The van der Waals surface area contributed by atoms with Gasteiger partial charge in [-0.1, -0.05) is 125 Å². The third kappa shape index (κ3) is 11.7. The van der Waals surface area contributed by atoms with E-state index in [0.29, 0.717) is 11.8 Å². The Labute approximate surface area is 388 Å². The Balaban J connectivity index is 1.04. The molecule has 1 aliphatic carbocycles. The van der Waals surface area contributed by atoms with Crippen LogP contribution in [0.1, 0.15) is 137 Å². The van der Waals surface area contributed by atoms with Crippen LogP contribution in [0.5, 0.6) is 11.5 Å². The van der Waals surface area contributed by atoms with Crippen molar-refractivity contribution in [2.45, 2.75) is 131 Å². The van der Waals surface area contributed by atoms with Gasteiger partial charge in [0.15, 0.2) is 0 Å². The van der Waals surface area contributed by atoms with E-state index in [4.69, 9.17) is 9.47 Å². The van der Waals surface area contributed by atoms with Crippen molar-refractivity contribution >= 4 is 22.7 Å². The first kappa shape index (κ1) is 46.6. The standard InChI is InChI=1S/C59H72O2S2/c1-9-35-59(36-10-2)53-39-47(57-31-29-55(62-57)45-17-23-49(24-18-45)60-37-33-43(7)15-11-13-41(3)4)21-27-51(53)52-28-22-48(40-54(52)59)58-32-30-56(63-58)46-19-25-50(26-20-46)61-38-34-44(8)16-12-14-42(5)6/h17-33,37,39-44H,9-16,34-36,38H2,1-8H3/b37-33-. The first-order chi connectivity index (χ1) is 30.6. The lowest BCUT2D eigenvalue weighted by Crippen LogP contribution is -2.25. The summed E-state index contributed by atoms with van der Waals surface area (Å²) in [6.45, 7) is 19.4. The lowest BCUT2D eigenvalue weighted by Gasteiger charge is -2.32. The van der Waals surface area contributed by atoms with Gasteiger partial charge >= 0.3 is 0 Å². The molecule has 7 rings (SSSR count). The number of fused-ring (bicyclic) bond motifs is 3. The van der Waals surface area contributed by atoms with Crippen molar-refractivity contribution in [2.24, 2.45) is 23.7 Å². The highest BCUT2D eigenvalue weighted by Crippen LogP contribution is 2.56. The highest BCUT2D eigenvalue weighted by Gasteiger charge is 2.42. The highest BCUT2D eigenvalue weighted by molar-refractivity contribution is 7.19. The van der Waals surface area contributed by atoms with E-state index in [9.17, 15) is 0 Å². The molecule has 4 aromatic carbocycles. The van der Waals surface area contributed by atoms with Crippen molar-refractivity contribution in [2.75, 3.05) is 6.61 Å². The first-order valence-corrected chi connectivity index (χ1v) is 25.9. The summed E-state index contributed by atoms with van der Waals surface area (Å²) < 4.78 is 12.2. The Morgan fingerprint density at radius 3 is 1.46 bits per heavy atom. The fraction of sp³-hybridized carbons (Fsp3) is 0.424. The number of hydrogen-bond donors (Lipinski definition) is 0. The van der Waals surface area contributed by atoms with Crippen LogP contribution in [0.15, 0.2) is 122 Å². The average Bonchev–Trinajstić information content (AvgIpc) is 4.03. The Morgan fingerprint density at radius 2 is 0.968 bits per heavy atom. The maximum Gasteiger partial charge on any atom is 0.126 e. The van der Waals surface area contributed by atoms with Crippen LogP contribution in [0.25, 0.3) is 52.9 Å². The van der Waals surface area contributed by atoms with Crippen molar-refractivity contribution in [1.29, 1.82) is 0 Å². The molecule has 0 amide bonds. The molecule has 0 spiro atoms. The van der Waals surface area contributed by atoms with Gasteiger partial charge in [-0.2, -0.15) is 0 Å². The minimum atomic E-state index is -0.00176. The molecule has 332 valence electrons. The van der Waals surface area contributed by atoms with Gasteiger partial charge in [0.1, 0.15) is 11.5 Å². The van der Waals surface area contributed by atoms with E-state index < -0.39 is 0 Å². The Morgan fingerprint density at radius 1 is 0.508 bits per heavy atom. The van der Waals surface area contributed by atoms with Crippen molar-refractivity contribution in [3.05, 3.63) is 133 Å². The summed E-state index contributed by atoms with van der Waals surface area (Å²) in [5.74, 6) is 4.63. The lowest BCUT2D eigenvalue weighted by molar-refractivity contribution is 0.276. The molecule has 0 fully saturated rings. The smallest absolute Gasteiger partial charge is 0.126 e. The minimum Gasteiger partial charge on any atom is -0.494 e. The van der Waals surface area contributed by atoms with E-state index in [1.807, 2.05) is 28.9 Å². The predicted octanol–water partition coefficient (Wildman–Crippen LogP) is 18.9. The quantitative estimate of drug-likeness (QED) is 0.0597. The van der Waals surface area contributed by atoms with E-state index >= 15 is 0 Å². The zero-order valence-corrected chi connectivity index (χ0v) is 41.1. The molecule has 0 N–H and O–H groups in total. The molecule has 2 nitrogen and oxygen atoms in total. The van der Waals surface area contributed by atoms with Crippen LogP contribution in [0.4, 0.5) is 0 Å². The maximum atomic E-state index is 6.18. The van der Waals surface area contributed by atoms with Gasteiger partial charge in [0, 0.05) is 24.9 Å². The molecule has 0 bridgehead atoms. The van der Waals surface area contributed by atoms with Gasteiger partial charge < -0.3 is 9.47 Å². The van der Waals surface area contributed by atoms with Crippen LogP contribution in [-0.2, 0) is 5.41 Å². The third-order valence-corrected chi connectivity index (χ3v) is 15.5. The number of benzene rings is 4. The summed E-state index contributed by atoms with van der Waals surface area (Å²) in [5, 5.41) is 0. The molecule has 4 heteroatoms. The minimum absolute atomic E-state index is 0.00176. The largest absolute Gasteiger partial charge is 0.494 e. The summed E-state index contributed by atoms with van der Waals surface area (Å²) in [6.07, 6.45) is 17.4. The molecule has 6 aromatic rings. The third-order valence-electron chi connectivity index (χ3n) is 13.2. The van der Waals surface area contributed by atoms with E-state index in [0.717, 1.165) is 62.0 Å². The van der Waals surface area contributed by atoms with Gasteiger partial charge in [0.2, 0.25) is 0 Å². The molecule has 1 aliphatic rings. The summed E-state index contributed by atoms with van der Waals surface area (Å²) in [6, 6.07) is 41.1. The van der Waals surface area contributed by atoms with Crippen LogP contribution in [-0.4, -0.2) is 6.61 Å². The summed E-state index contributed by atoms with van der Waals surface area (Å²) in [7, 11) is 0. The Bertz CT molecular complexity index is 2370. The fourth-order valence-corrected chi connectivity index (χ4v) is 11.6. The van der Waals surface area contributed by atoms with Gasteiger partial charge in [-0.15, -0.1) is 22.7 Å². The Hall–Kier alpha value is -4.38. The van der Waals surface area contributed by atoms with Crippen molar-refractivity contribution in [1.82, 2.24) is 0 Å². The molecule has 2 atom stereocenters. The van der Waals surface area contributed by atoms with Crippen molar-refractivity contribution in [3.8, 4) is 64.4 Å².